The number of nitrogens with one attached hydrogen (secondary N) is 1. The number of hydrogen-bond donors (Lipinski definition) is 2. The highest BCUT2D eigenvalue weighted by atomic mass is 19.1. The summed E-state index contributed by atoms with van der Waals surface area (Å²) in [7, 11) is 0. The largest absolute Gasteiger partial charge is 0.481 e. The highest BCUT2D eigenvalue weighted by Crippen LogP contribution is 2.30. The number of ether oxygens (including phenoxy) is 1. The SMILES string of the molecule is Cc1onc(-c2ccc(-c3ccc(CC(=O)O)cn3)cn2)c1NC(=O)O[C@H](C)c1ccccc1F. The molecule has 1 amide bonds. The second-order valence-corrected chi connectivity index (χ2v) is 7.71. The number of aromatic nitrogens is 3. The predicted octanol–water partition coefficient (Wildman–Crippen LogP) is 5.18. The Hall–Kier alpha value is -4.60. The monoisotopic (exact) mass is 476 g/mol. The molecule has 10 heteroatoms. The van der Waals surface area contributed by atoms with Crippen molar-refractivity contribution in [3.8, 4) is 22.6 Å². The number of rotatable bonds is 7. The topological polar surface area (TPSA) is 127 Å². The minimum absolute atomic E-state index is 0.104. The van der Waals surface area contributed by atoms with Crippen LogP contribution < -0.4 is 5.32 Å². The molecule has 0 radical (unpaired) electrons. The second kappa shape index (κ2) is 10.1. The maximum Gasteiger partial charge on any atom is 0.412 e. The molecule has 0 spiro atoms. The fourth-order valence-electron chi connectivity index (χ4n) is 3.41. The van der Waals surface area contributed by atoms with E-state index in [1.54, 1.807) is 62.5 Å². The van der Waals surface area contributed by atoms with E-state index in [1.807, 2.05) is 0 Å². The van der Waals surface area contributed by atoms with Crippen molar-refractivity contribution in [3.63, 3.8) is 0 Å². The molecular formula is C25H21FN4O5. The predicted molar refractivity (Wildman–Crippen MR) is 124 cm³/mol. The standard InChI is InChI=1S/C25H21FN4O5/c1-14(18-5-3-4-6-19(18)26)34-25(33)29-23-15(2)35-30-24(23)21-10-8-17(13-28-21)20-9-7-16(12-27-20)11-22(31)32/h3-10,12-14H,11H2,1-2H3,(H,29,33)(H,31,32)/t14-/m1/s1. The number of carboxylic acids is 1. The van der Waals surface area contributed by atoms with Crippen LogP contribution in [-0.2, 0) is 16.0 Å². The van der Waals surface area contributed by atoms with Gasteiger partial charge < -0.3 is 14.4 Å². The number of anilines is 1. The quantitative estimate of drug-likeness (QED) is 0.373. The van der Waals surface area contributed by atoms with Crippen molar-refractivity contribution in [2.75, 3.05) is 5.32 Å². The first-order valence-corrected chi connectivity index (χ1v) is 10.6. The maximum absolute atomic E-state index is 14.0. The fraction of sp³-hybridized carbons (Fsp3) is 0.160. The minimum Gasteiger partial charge on any atom is -0.481 e. The molecule has 0 aliphatic heterocycles. The Morgan fingerprint density at radius 3 is 2.49 bits per heavy atom. The van der Waals surface area contributed by atoms with Crippen LogP contribution in [0.2, 0.25) is 0 Å². The van der Waals surface area contributed by atoms with E-state index >= 15 is 0 Å². The van der Waals surface area contributed by atoms with Gasteiger partial charge in [0, 0.05) is 23.5 Å². The number of nitrogens with zero attached hydrogens (tertiary/aromatic N) is 3. The van der Waals surface area contributed by atoms with Gasteiger partial charge in [-0.05, 0) is 43.7 Å². The average Bonchev–Trinajstić information content (AvgIpc) is 3.19. The third-order valence-electron chi connectivity index (χ3n) is 5.20. The molecule has 9 nitrogen and oxygen atoms in total. The summed E-state index contributed by atoms with van der Waals surface area (Å²) in [4.78, 5) is 32.0. The summed E-state index contributed by atoms with van der Waals surface area (Å²) in [5.74, 6) is -1.05. The number of carbonyl (C=O) groups is 2. The fourth-order valence-corrected chi connectivity index (χ4v) is 3.41. The number of benzene rings is 1. The molecule has 0 aliphatic carbocycles. The van der Waals surface area contributed by atoms with Crippen LogP contribution >= 0.6 is 0 Å². The van der Waals surface area contributed by atoms with E-state index in [4.69, 9.17) is 14.4 Å². The summed E-state index contributed by atoms with van der Waals surface area (Å²) < 4.78 is 24.5. The Labute approximate surface area is 199 Å². The molecule has 1 aromatic carbocycles. The summed E-state index contributed by atoms with van der Waals surface area (Å²) >= 11 is 0. The lowest BCUT2D eigenvalue weighted by atomic mass is 10.1. The first-order chi connectivity index (χ1) is 16.8. The van der Waals surface area contributed by atoms with Crippen LogP contribution in [0.25, 0.3) is 22.6 Å². The number of carbonyl (C=O) groups excluding carboxylic acids is 1. The molecule has 3 heterocycles. The molecule has 178 valence electrons. The van der Waals surface area contributed by atoms with Crippen molar-refractivity contribution < 1.29 is 28.3 Å². The second-order valence-electron chi connectivity index (χ2n) is 7.71. The van der Waals surface area contributed by atoms with E-state index in [9.17, 15) is 14.0 Å². The van der Waals surface area contributed by atoms with Gasteiger partial charge in [0.15, 0.2) is 11.5 Å². The average molecular weight is 476 g/mol. The van der Waals surface area contributed by atoms with Crippen molar-refractivity contribution in [2.45, 2.75) is 26.4 Å². The number of aryl methyl sites for hydroxylation is 1. The highest BCUT2D eigenvalue weighted by Gasteiger charge is 2.21. The van der Waals surface area contributed by atoms with E-state index in [1.165, 1.54) is 12.3 Å². The molecule has 0 fully saturated rings. The molecule has 4 rings (SSSR count). The molecule has 2 N–H and O–H groups in total. The molecule has 4 aromatic rings. The van der Waals surface area contributed by atoms with E-state index in [0.29, 0.717) is 34.0 Å². The molecule has 0 unspecified atom stereocenters. The van der Waals surface area contributed by atoms with E-state index in [-0.39, 0.29) is 17.7 Å². The van der Waals surface area contributed by atoms with Crippen molar-refractivity contribution in [1.29, 1.82) is 0 Å². The van der Waals surface area contributed by atoms with Gasteiger partial charge in [-0.25, -0.2) is 9.18 Å². The van der Waals surface area contributed by atoms with E-state index in [2.05, 4.69) is 20.4 Å². The summed E-state index contributed by atoms with van der Waals surface area (Å²) in [5, 5.41) is 15.5. The first kappa shape index (κ1) is 23.6. The van der Waals surface area contributed by atoms with Crippen LogP contribution in [0.5, 0.6) is 0 Å². The Kier molecular flexibility index (Phi) is 6.81. The van der Waals surface area contributed by atoms with Gasteiger partial charge in [-0.1, -0.05) is 29.4 Å². The molecule has 0 saturated carbocycles. The molecule has 3 aromatic heterocycles. The van der Waals surface area contributed by atoms with Crippen LogP contribution in [0.3, 0.4) is 0 Å². The van der Waals surface area contributed by atoms with Gasteiger partial charge in [-0.15, -0.1) is 0 Å². The normalized spacial score (nSPS) is 11.6. The molecule has 1 atom stereocenters. The molecule has 0 saturated heterocycles. The molecule has 0 aliphatic rings. The molecular weight excluding hydrogens is 455 g/mol. The molecule has 0 bridgehead atoms. The zero-order valence-electron chi connectivity index (χ0n) is 18.9. The van der Waals surface area contributed by atoms with Crippen molar-refractivity contribution in [1.82, 2.24) is 15.1 Å². The zero-order valence-corrected chi connectivity index (χ0v) is 18.9. The number of amides is 1. The molecule has 35 heavy (non-hydrogen) atoms. The van der Waals surface area contributed by atoms with Crippen LogP contribution in [0.4, 0.5) is 14.9 Å². The van der Waals surface area contributed by atoms with Crippen LogP contribution in [0.15, 0.2) is 65.4 Å². The number of hydrogen-bond acceptors (Lipinski definition) is 7. The number of pyridine rings is 2. The summed E-state index contributed by atoms with van der Waals surface area (Å²) in [6, 6.07) is 12.9. The Bertz CT molecular complexity index is 1350. The smallest absolute Gasteiger partial charge is 0.412 e. The van der Waals surface area contributed by atoms with Gasteiger partial charge in [0.05, 0.1) is 17.8 Å². The zero-order chi connectivity index (χ0) is 24.9. The van der Waals surface area contributed by atoms with Crippen LogP contribution in [0, 0.1) is 12.7 Å². The van der Waals surface area contributed by atoms with Crippen molar-refractivity contribution in [2.24, 2.45) is 0 Å². The first-order valence-electron chi connectivity index (χ1n) is 10.6. The number of carboxylic acid groups (broad SMARTS) is 1. The van der Waals surface area contributed by atoms with Gasteiger partial charge >= 0.3 is 12.1 Å². The van der Waals surface area contributed by atoms with Gasteiger partial charge in [0.25, 0.3) is 0 Å². The number of halogens is 1. The van der Waals surface area contributed by atoms with Crippen LogP contribution in [0.1, 0.15) is 29.9 Å². The number of aliphatic carboxylic acids is 1. The lowest BCUT2D eigenvalue weighted by molar-refractivity contribution is -0.136. The summed E-state index contributed by atoms with van der Waals surface area (Å²) in [5.41, 5.74) is 3.21. The summed E-state index contributed by atoms with van der Waals surface area (Å²) in [6.07, 6.45) is 1.38. The van der Waals surface area contributed by atoms with Crippen molar-refractivity contribution in [3.05, 3.63) is 83.6 Å². The third-order valence-corrected chi connectivity index (χ3v) is 5.20. The van der Waals surface area contributed by atoms with E-state index < -0.39 is 24.0 Å². The lowest BCUT2D eigenvalue weighted by Gasteiger charge is -2.15. The van der Waals surface area contributed by atoms with Crippen molar-refractivity contribution >= 4 is 17.7 Å². The Morgan fingerprint density at radius 1 is 1.09 bits per heavy atom. The summed E-state index contributed by atoms with van der Waals surface area (Å²) in [6.45, 7) is 3.20. The van der Waals surface area contributed by atoms with Gasteiger partial charge in [0.1, 0.15) is 17.6 Å². The third kappa shape index (κ3) is 5.49. The van der Waals surface area contributed by atoms with Gasteiger partial charge in [-0.3, -0.25) is 20.1 Å². The van der Waals surface area contributed by atoms with Crippen LogP contribution in [-0.4, -0.2) is 32.3 Å². The maximum atomic E-state index is 14.0. The Balaban J connectivity index is 1.48. The Morgan fingerprint density at radius 2 is 1.83 bits per heavy atom. The van der Waals surface area contributed by atoms with Gasteiger partial charge in [-0.2, -0.15) is 0 Å². The minimum atomic E-state index is -0.927. The highest BCUT2D eigenvalue weighted by molar-refractivity contribution is 5.90. The van der Waals surface area contributed by atoms with Gasteiger partial charge in [0.2, 0.25) is 0 Å². The lowest BCUT2D eigenvalue weighted by Crippen LogP contribution is -2.17. The van der Waals surface area contributed by atoms with E-state index in [0.717, 1.165) is 0 Å².